The van der Waals surface area contributed by atoms with Crippen LogP contribution in [0.4, 0.5) is 5.69 Å². The molecule has 1 saturated heterocycles. The van der Waals surface area contributed by atoms with Gasteiger partial charge in [0.1, 0.15) is 5.75 Å². The van der Waals surface area contributed by atoms with E-state index in [1.807, 2.05) is 31.2 Å². The van der Waals surface area contributed by atoms with Crippen LogP contribution in [0.1, 0.15) is 6.92 Å². The molecule has 1 aliphatic rings. The molecular formula is C13H18N2O2. The predicted octanol–water partition coefficient (Wildman–Crippen LogP) is 1.49. The van der Waals surface area contributed by atoms with Crippen molar-refractivity contribution in [2.24, 2.45) is 11.8 Å². The fourth-order valence-corrected chi connectivity index (χ4v) is 1.84. The molecule has 1 aromatic carbocycles. The van der Waals surface area contributed by atoms with Crippen molar-refractivity contribution < 1.29 is 9.53 Å². The van der Waals surface area contributed by atoms with Crippen LogP contribution in [0.3, 0.4) is 0 Å². The van der Waals surface area contributed by atoms with E-state index in [-0.39, 0.29) is 11.8 Å². The first-order valence-corrected chi connectivity index (χ1v) is 5.86. The van der Waals surface area contributed by atoms with Crippen molar-refractivity contribution in [3.8, 4) is 5.75 Å². The second-order valence-electron chi connectivity index (χ2n) is 4.43. The van der Waals surface area contributed by atoms with Crippen LogP contribution in [0, 0.1) is 11.8 Å². The van der Waals surface area contributed by atoms with Crippen LogP contribution in [0.2, 0.25) is 0 Å². The van der Waals surface area contributed by atoms with Crippen molar-refractivity contribution >= 4 is 11.6 Å². The van der Waals surface area contributed by atoms with Gasteiger partial charge in [-0.1, -0.05) is 13.0 Å². The fraction of sp³-hybridized carbons (Fsp3) is 0.462. The standard InChI is InChI=1S/C13H18N2O2/c1-9(10-7-14-8-10)13(16)15-11-4-3-5-12(6-11)17-2/h3-6,9-10,14H,7-8H2,1-2H3,(H,15,16). The highest BCUT2D eigenvalue weighted by Gasteiger charge is 2.28. The van der Waals surface area contributed by atoms with Crippen molar-refractivity contribution in [2.75, 3.05) is 25.5 Å². The smallest absolute Gasteiger partial charge is 0.227 e. The first-order valence-electron chi connectivity index (χ1n) is 5.86. The van der Waals surface area contributed by atoms with Gasteiger partial charge >= 0.3 is 0 Å². The molecule has 0 spiro atoms. The molecule has 1 heterocycles. The third-order valence-electron chi connectivity index (χ3n) is 3.27. The molecule has 1 aromatic rings. The summed E-state index contributed by atoms with van der Waals surface area (Å²) in [6.07, 6.45) is 0. The van der Waals surface area contributed by atoms with Crippen LogP contribution >= 0.6 is 0 Å². The summed E-state index contributed by atoms with van der Waals surface area (Å²) in [5.74, 6) is 1.33. The minimum Gasteiger partial charge on any atom is -0.497 e. The van der Waals surface area contributed by atoms with E-state index in [1.54, 1.807) is 7.11 Å². The molecule has 1 unspecified atom stereocenters. The lowest BCUT2D eigenvalue weighted by atomic mass is 9.88. The Kier molecular flexibility index (Phi) is 3.64. The van der Waals surface area contributed by atoms with E-state index in [4.69, 9.17) is 4.74 Å². The number of carbonyl (C=O) groups excluding carboxylic acids is 1. The van der Waals surface area contributed by atoms with E-state index in [9.17, 15) is 4.79 Å². The Morgan fingerprint density at radius 2 is 2.29 bits per heavy atom. The highest BCUT2D eigenvalue weighted by Crippen LogP contribution is 2.20. The lowest BCUT2D eigenvalue weighted by Crippen LogP contribution is -2.48. The van der Waals surface area contributed by atoms with Crippen molar-refractivity contribution in [3.63, 3.8) is 0 Å². The molecule has 0 bridgehead atoms. The lowest BCUT2D eigenvalue weighted by molar-refractivity contribution is -0.121. The molecule has 92 valence electrons. The third-order valence-corrected chi connectivity index (χ3v) is 3.27. The third kappa shape index (κ3) is 2.77. The van der Waals surface area contributed by atoms with Crippen LogP contribution in [0.5, 0.6) is 5.75 Å². The van der Waals surface area contributed by atoms with Gasteiger partial charge in [0.05, 0.1) is 7.11 Å². The second-order valence-corrected chi connectivity index (χ2v) is 4.43. The molecule has 0 radical (unpaired) electrons. The number of amides is 1. The summed E-state index contributed by atoms with van der Waals surface area (Å²) < 4.78 is 5.12. The Morgan fingerprint density at radius 1 is 1.53 bits per heavy atom. The Balaban J connectivity index is 1.96. The summed E-state index contributed by atoms with van der Waals surface area (Å²) in [5, 5.41) is 6.10. The van der Waals surface area contributed by atoms with Crippen LogP contribution in [-0.4, -0.2) is 26.1 Å². The van der Waals surface area contributed by atoms with E-state index in [0.29, 0.717) is 5.92 Å². The average molecular weight is 234 g/mol. The summed E-state index contributed by atoms with van der Waals surface area (Å²) in [6, 6.07) is 7.41. The quantitative estimate of drug-likeness (QED) is 0.830. The van der Waals surface area contributed by atoms with Crippen LogP contribution in [0.25, 0.3) is 0 Å². The number of nitrogens with one attached hydrogen (secondary N) is 2. The number of carbonyl (C=O) groups is 1. The van der Waals surface area contributed by atoms with Crippen LogP contribution in [0.15, 0.2) is 24.3 Å². The normalized spacial score (nSPS) is 17.1. The molecule has 1 fully saturated rings. The maximum absolute atomic E-state index is 12.0. The van der Waals surface area contributed by atoms with Crippen molar-refractivity contribution in [1.29, 1.82) is 0 Å². The Hall–Kier alpha value is -1.55. The Bertz CT molecular complexity index is 402. The Labute approximate surface area is 101 Å². The summed E-state index contributed by atoms with van der Waals surface area (Å²) in [5.41, 5.74) is 0.786. The SMILES string of the molecule is COc1cccc(NC(=O)C(C)C2CNC2)c1. The second kappa shape index (κ2) is 5.19. The van der Waals surface area contributed by atoms with Gasteiger partial charge in [-0.25, -0.2) is 0 Å². The van der Waals surface area contributed by atoms with Gasteiger partial charge in [0.15, 0.2) is 0 Å². The molecule has 4 heteroatoms. The molecule has 4 nitrogen and oxygen atoms in total. The van der Waals surface area contributed by atoms with E-state index in [2.05, 4.69) is 10.6 Å². The molecule has 1 aliphatic heterocycles. The lowest BCUT2D eigenvalue weighted by Gasteiger charge is -2.31. The van der Waals surface area contributed by atoms with E-state index < -0.39 is 0 Å². The topological polar surface area (TPSA) is 50.4 Å². The Morgan fingerprint density at radius 3 is 2.88 bits per heavy atom. The maximum atomic E-state index is 12.0. The summed E-state index contributed by atoms with van der Waals surface area (Å²) in [6.45, 7) is 3.85. The maximum Gasteiger partial charge on any atom is 0.227 e. The molecule has 1 atom stereocenters. The van der Waals surface area contributed by atoms with Crippen LogP contribution in [-0.2, 0) is 4.79 Å². The molecule has 0 aromatic heterocycles. The zero-order chi connectivity index (χ0) is 12.3. The monoisotopic (exact) mass is 234 g/mol. The van der Waals surface area contributed by atoms with Gasteiger partial charge in [0, 0.05) is 17.7 Å². The van der Waals surface area contributed by atoms with Gasteiger partial charge in [0.25, 0.3) is 0 Å². The predicted molar refractivity (Wildman–Crippen MR) is 67.1 cm³/mol. The van der Waals surface area contributed by atoms with Gasteiger partial charge in [-0.3, -0.25) is 4.79 Å². The molecule has 2 rings (SSSR count). The highest BCUT2D eigenvalue weighted by atomic mass is 16.5. The first kappa shape index (κ1) is 11.9. The van der Waals surface area contributed by atoms with Gasteiger partial charge in [-0.05, 0) is 31.1 Å². The molecule has 1 amide bonds. The zero-order valence-electron chi connectivity index (χ0n) is 10.2. The molecule has 17 heavy (non-hydrogen) atoms. The largest absolute Gasteiger partial charge is 0.497 e. The van der Waals surface area contributed by atoms with Gasteiger partial charge < -0.3 is 15.4 Å². The summed E-state index contributed by atoms with van der Waals surface area (Å²) in [4.78, 5) is 12.0. The zero-order valence-corrected chi connectivity index (χ0v) is 10.2. The van der Waals surface area contributed by atoms with Gasteiger partial charge in [-0.2, -0.15) is 0 Å². The molecule has 0 saturated carbocycles. The van der Waals surface area contributed by atoms with Crippen molar-refractivity contribution in [2.45, 2.75) is 6.92 Å². The van der Waals surface area contributed by atoms with Crippen LogP contribution < -0.4 is 15.4 Å². The number of hydrogen-bond acceptors (Lipinski definition) is 3. The van der Waals surface area contributed by atoms with E-state index >= 15 is 0 Å². The number of benzene rings is 1. The number of methoxy groups -OCH3 is 1. The molecule has 0 aliphatic carbocycles. The van der Waals surface area contributed by atoms with Gasteiger partial charge in [0.2, 0.25) is 5.91 Å². The molecule has 2 N–H and O–H groups in total. The number of hydrogen-bond donors (Lipinski definition) is 2. The fourth-order valence-electron chi connectivity index (χ4n) is 1.84. The minimum absolute atomic E-state index is 0.0439. The van der Waals surface area contributed by atoms with Gasteiger partial charge in [-0.15, -0.1) is 0 Å². The van der Waals surface area contributed by atoms with E-state index in [1.165, 1.54) is 0 Å². The number of ether oxygens (including phenoxy) is 1. The summed E-state index contributed by atoms with van der Waals surface area (Å²) >= 11 is 0. The summed E-state index contributed by atoms with van der Waals surface area (Å²) in [7, 11) is 1.61. The molecular weight excluding hydrogens is 216 g/mol. The number of anilines is 1. The number of rotatable bonds is 4. The van der Waals surface area contributed by atoms with E-state index in [0.717, 1.165) is 24.5 Å². The highest BCUT2D eigenvalue weighted by molar-refractivity contribution is 5.92. The van der Waals surface area contributed by atoms with Crippen molar-refractivity contribution in [3.05, 3.63) is 24.3 Å². The minimum atomic E-state index is 0.0439. The first-order chi connectivity index (χ1) is 8.20. The van der Waals surface area contributed by atoms with Crippen molar-refractivity contribution in [1.82, 2.24) is 5.32 Å². The average Bonchev–Trinajstić information content (AvgIpc) is 2.27.